The molecule has 1 aromatic carbocycles. The summed E-state index contributed by atoms with van der Waals surface area (Å²) in [5.74, 6) is 0. The third-order valence-electron chi connectivity index (χ3n) is 3.25. The Labute approximate surface area is 128 Å². The Morgan fingerprint density at radius 3 is 2.52 bits per heavy atom. The third-order valence-corrected chi connectivity index (χ3v) is 4.12. The average Bonchev–Trinajstić information content (AvgIpc) is 2.97. The standard InChI is InChI=1S/C17H16N2OS/c20-15(10-13-6-8-18-9-7-13)11-17-19-16(12-21-17)14-4-2-1-3-5-14/h1-9,12,15,20H,10-11H2. The van der Waals surface area contributed by atoms with Crippen molar-refractivity contribution in [2.75, 3.05) is 0 Å². The molecule has 1 atom stereocenters. The summed E-state index contributed by atoms with van der Waals surface area (Å²) in [5.41, 5.74) is 3.19. The molecule has 0 aliphatic carbocycles. The van der Waals surface area contributed by atoms with E-state index in [2.05, 4.69) is 9.97 Å². The molecule has 0 spiro atoms. The lowest BCUT2D eigenvalue weighted by atomic mass is 10.1. The summed E-state index contributed by atoms with van der Waals surface area (Å²) in [6.45, 7) is 0. The van der Waals surface area contributed by atoms with Crippen molar-refractivity contribution >= 4 is 11.3 Å². The van der Waals surface area contributed by atoms with Crippen LogP contribution in [0.1, 0.15) is 10.6 Å². The largest absolute Gasteiger partial charge is 0.392 e. The van der Waals surface area contributed by atoms with Crippen molar-refractivity contribution in [3.8, 4) is 11.3 Å². The van der Waals surface area contributed by atoms with Crippen LogP contribution < -0.4 is 0 Å². The van der Waals surface area contributed by atoms with Gasteiger partial charge in [0.25, 0.3) is 0 Å². The zero-order valence-corrected chi connectivity index (χ0v) is 12.3. The molecule has 0 fully saturated rings. The van der Waals surface area contributed by atoms with Gasteiger partial charge < -0.3 is 5.11 Å². The van der Waals surface area contributed by atoms with E-state index in [0.717, 1.165) is 21.8 Å². The van der Waals surface area contributed by atoms with Gasteiger partial charge in [-0.15, -0.1) is 11.3 Å². The predicted octanol–water partition coefficient (Wildman–Crippen LogP) is 3.35. The zero-order chi connectivity index (χ0) is 14.5. The Morgan fingerprint density at radius 1 is 1.00 bits per heavy atom. The maximum absolute atomic E-state index is 10.2. The van der Waals surface area contributed by atoms with Crippen LogP contribution in [0, 0.1) is 0 Å². The monoisotopic (exact) mass is 296 g/mol. The van der Waals surface area contributed by atoms with Gasteiger partial charge in [-0.05, 0) is 24.1 Å². The molecule has 0 aliphatic rings. The number of hydrogen-bond donors (Lipinski definition) is 1. The van der Waals surface area contributed by atoms with Gasteiger partial charge in [-0.3, -0.25) is 4.98 Å². The van der Waals surface area contributed by atoms with E-state index in [1.807, 2.05) is 47.8 Å². The SMILES string of the molecule is OC(Cc1ccncc1)Cc1nc(-c2ccccc2)cs1. The molecule has 3 rings (SSSR count). The molecule has 21 heavy (non-hydrogen) atoms. The number of pyridine rings is 1. The lowest BCUT2D eigenvalue weighted by molar-refractivity contribution is 0.175. The molecule has 0 aliphatic heterocycles. The highest BCUT2D eigenvalue weighted by molar-refractivity contribution is 7.09. The highest BCUT2D eigenvalue weighted by Gasteiger charge is 2.11. The maximum Gasteiger partial charge on any atom is 0.0958 e. The number of rotatable bonds is 5. The van der Waals surface area contributed by atoms with E-state index < -0.39 is 6.10 Å². The van der Waals surface area contributed by atoms with E-state index in [4.69, 9.17) is 0 Å². The molecule has 0 saturated heterocycles. The van der Waals surface area contributed by atoms with Crippen molar-refractivity contribution in [2.45, 2.75) is 18.9 Å². The van der Waals surface area contributed by atoms with E-state index in [-0.39, 0.29) is 0 Å². The summed E-state index contributed by atoms with van der Waals surface area (Å²) < 4.78 is 0. The van der Waals surface area contributed by atoms with E-state index in [9.17, 15) is 5.11 Å². The zero-order valence-electron chi connectivity index (χ0n) is 11.5. The van der Waals surface area contributed by atoms with Crippen LogP contribution in [0.15, 0.2) is 60.2 Å². The molecular formula is C17H16N2OS. The molecule has 106 valence electrons. The van der Waals surface area contributed by atoms with E-state index in [1.54, 1.807) is 23.7 Å². The minimum absolute atomic E-state index is 0.415. The first-order valence-electron chi connectivity index (χ1n) is 6.88. The number of benzene rings is 1. The van der Waals surface area contributed by atoms with Crippen LogP contribution in [-0.2, 0) is 12.8 Å². The minimum atomic E-state index is -0.415. The van der Waals surface area contributed by atoms with Crippen LogP contribution >= 0.6 is 11.3 Å². The van der Waals surface area contributed by atoms with Gasteiger partial charge in [-0.25, -0.2) is 4.98 Å². The number of hydrogen-bond acceptors (Lipinski definition) is 4. The molecule has 0 radical (unpaired) electrons. The first kappa shape index (κ1) is 13.9. The molecule has 1 unspecified atom stereocenters. The minimum Gasteiger partial charge on any atom is -0.392 e. The van der Waals surface area contributed by atoms with Crippen LogP contribution in [0.4, 0.5) is 0 Å². The Hall–Kier alpha value is -2.04. The van der Waals surface area contributed by atoms with Gasteiger partial charge in [0.1, 0.15) is 0 Å². The van der Waals surface area contributed by atoms with Crippen molar-refractivity contribution in [1.82, 2.24) is 9.97 Å². The second kappa shape index (κ2) is 6.61. The first-order valence-corrected chi connectivity index (χ1v) is 7.76. The Balaban J connectivity index is 1.65. The summed E-state index contributed by atoms with van der Waals surface area (Å²) in [7, 11) is 0. The van der Waals surface area contributed by atoms with E-state index in [1.165, 1.54) is 0 Å². The van der Waals surface area contributed by atoms with Gasteiger partial charge >= 0.3 is 0 Å². The van der Waals surface area contributed by atoms with E-state index >= 15 is 0 Å². The fourth-order valence-electron chi connectivity index (χ4n) is 2.21. The number of thiazole rings is 1. The molecule has 0 bridgehead atoms. The molecule has 3 aromatic rings. The molecule has 2 aromatic heterocycles. The van der Waals surface area contributed by atoms with Crippen molar-refractivity contribution < 1.29 is 5.11 Å². The van der Waals surface area contributed by atoms with Crippen molar-refractivity contribution in [2.24, 2.45) is 0 Å². The highest BCUT2D eigenvalue weighted by Crippen LogP contribution is 2.22. The van der Waals surface area contributed by atoms with Crippen molar-refractivity contribution in [3.63, 3.8) is 0 Å². The molecule has 0 amide bonds. The second-order valence-electron chi connectivity index (χ2n) is 4.91. The van der Waals surface area contributed by atoms with Crippen LogP contribution in [0.3, 0.4) is 0 Å². The fourth-order valence-corrected chi connectivity index (χ4v) is 3.09. The molecule has 1 N–H and O–H groups in total. The van der Waals surface area contributed by atoms with Crippen LogP contribution in [0.2, 0.25) is 0 Å². The fraction of sp³-hybridized carbons (Fsp3) is 0.176. The number of nitrogens with zero attached hydrogens (tertiary/aromatic N) is 2. The Kier molecular flexibility index (Phi) is 4.38. The molecule has 0 saturated carbocycles. The lowest BCUT2D eigenvalue weighted by Crippen LogP contribution is -2.13. The molecular weight excluding hydrogens is 280 g/mol. The normalized spacial score (nSPS) is 12.2. The average molecular weight is 296 g/mol. The predicted molar refractivity (Wildman–Crippen MR) is 85.2 cm³/mol. The summed E-state index contributed by atoms with van der Waals surface area (Å²) in [4.78, 5) is 8.59. The third kappa shape index (κ3) is 3.74. The summed E-state index contributed by atoms with van der Waals surface area (Å²) >= 11 is 1.60. The quantitative estimate of drug-likeness (QED) is 0.785. The van der Waals surface area contributed by atoms with Crippen molar-refractivity contribution in [3.05, 3.63) is 70.8 Å². The van der Waals surface area contributed by atoms with Crippen molar-refractivity contribution in [1.29, 1.82) is 0 Å². The molecule has 4 heteroatoms. The lowest BCUT2D eigenvalue weighted by Gasteiger charge is -2.08. The van der Waals surface area contributed by atoms with Crippen LogP contribution in [0.5, 0.6) is 0 Å². The maximum atomic E-state index is 10.2. The molecule has 3 nitrogen and oxygen atoms in total. The van der Waals surface area contributed by atoms with E-state index in [0.29, 0.717) is 12.8 Å². The van der Waals surface area contributed by atoms with Gasteiger partial charge in [0, 0.05) is 29.8 Å². The van der Waals surface area contributed by atoms with Gasteiger partial charge in [0.15, 0.2) is 0 Å². The number of aliphatic hydroxyl groups is 1. The van der Waals surface area contributed by atoms with Gasteiger partial charge in [-0.2, -0.15) is 0 Å². The van der Waals surface area contributed by atoms with Gasteiger partial charge in [0.05, 0.1) is 16.8 Å². The first-order chi connectivity index (χ1) is 10.3. The van der Waals surface area contributed by atoms with Gasteiger partial charge in [0.2, 0.25) is 0 Å². The Bertz CT molecular complexity index is 682. The Morgan fingerprint density at radius 2 is 1.76 bits per heavy atom. The van der Waals surface area contributed by atoms with Gasteiger partial charge in [-0.1, -0.05) is 30.3 Å². The summed E-state index contributed by atoms with van der Waals surface area (Å²) in [6, 6.07) is 14.0. The highest BCUT2D eigenvalue weighted by atomic mass is 32.1. The summed E-state index contributed by atoms with van der Waals surface area (Å²) in [6.07, 6.45) is 4.29. The van der Waals surface area contributed by atoms with Crippen LogP contribution in [-0.4, -0.2) is 21.2 Å². The number of aromatic nitrogens is 2. The number of aliphatic hydroxyl groups excluding tert-OH is 1. The summed E-state index contributed by atoms with van der Waals surface area (Å²) in [5, 5.41) is 13.2. The second-order valence-corrected chi connectivity index (χ2v) is 5.85. The topological polar surface area (TPSA) is 46.0 Å². The van der Waals surface area contributed by atoms with Crippen LogP contribution in [0.25, 0.3) is 11.3 Å². The molecule has 2 heterocycles. The smallest absolute Gasteiger partial charge is 0.0958 e.